The van der Waals surface area contributed by atoms with Crippen molar-refractivity contribution in [2.75, 3.05) is 11.1 Å². The van der Waals surface area contributed by atoms with Gasteiger partial charge in [-0.2, -0.15) is 0 Å². The molecule has 3 aromatic rings. The molecule has 1 N–H and O–H groups in total. The van der Waals surface area contributed by atoms with E-state index in [1.54, 1.807) is 24.3 Å². The molecule has 0 saturated carbocycles. The number of allylic oxidation sites excluding steroid dienone is 1. The topological polar surface area (TPSA) is 59.8 Å². The molecule has 9 heteroatoms. The molecule has 0 fully saturated rings. The maximum atomic E-state index is 12.4. The van der Waals surface area contributed by atoms with Crippen LogP contribution in [0.25, 0.3) is 11.4 Å². The Kier molecular flexibility index (Phi) is 7.40. The van der Waals surface area contributed by atoms with E-state index in [0.29, 0.717) is 33.1 Å². The van der Waals surface area contributed by atoms with E-state index in [1.807, 2.05) is 29.7 Å². The number of hydrogen-bond acceptors (Lipinski definition) is 4. The Bertz CT molecular complexity index is 1070. The van der Waals surface area contributed by atoms with Gasteiger partial charge in [-0.3, -0.25) is 9.36 Å². The zero-order valence-electron chi connectivity index (χ0n) is 15.5. The molecular weight excluding hydrogens is 495 g/mol. The van der Waals surface area contributed by atoms with Gasteiger partial charge < -0.3 is 5.32 Å². The van der Waals surface area contributed by atoms with Crippen LogP contribution in [0.3, 0.4) is 0 Å². The Labute approximate surface area is 191 Å². The predicted octanol–water partition coefficient (Wildman–Crippen LogP) is 6.24. The third-order valence-electron chi connectivity index (χ3n) is 4.00. The Morgan fingerprint density at radius 2 is 2.07 bits per heavy atom. The lowest BCUT2D eigenvalue weighted by molar-refractivity contribution is -0.113. The lowest BCUT2D eigenvalue weighted by atomic mass is 10.2. The standard InChI is InChI=1S/C20H17BrCl2N4OS/c1-3-8-27-19(15-6-5-14(22)10-16(15)23)25-26-20(27)29-11-18(28)24-17-7-4-13(21)9-12(17)2/h3-7,9-10H,1,8,11H2,2H3,(H,24,28). The van der Waals surface area contributed by atoms with Gasteiger partial charge in [-0.25, -0.2) is 0 Å². The van der Waals surface area contributed by atoms with Crippen molar-refractivity contribution in [3.05, 3.63) is 69.1 Å². The number of nitrogens with zero attached hydrogens (tertiary/aromatic N) is 3. The second-order valence-corrected chi connectivity index (χ2v) is 8.83. The Balaban J connectivity index is 1.76. The number of nitrogens with one attached hydrogen (secondary N) is 1. The van der Waals surface area contributed by atoms with E-state index in [9.17, 15) is 4.79 Å². The molecule has 0 atom stereocenters. The second kappa shape index (κ2) is 9.80. The molecule has 0 spiro atoms. The largest absolute Gasteiger partial charge is 0.325 e. The van der Waals surface area contributed by atoms with Gasteiger partial charge in [0, 0.05) is 27.3 Å². The molecule has 0 saturated heterocycles. The number of aryl methyl sites for hydroxylation is 1. The number of carbonyl (C=O) groups excluding carboxylic acids is 1. The van der Waals surface area contributed by atoms with E-state index >= 15 is 0 Å². The van der Waals surface area contributed by atoms with Gasteiger partial charge in [-0.1, -0.05) is 57.0 Å². The lowest BCUT2D eigenvalue weighted by Gasteiger charge is -2.10. The number of hydrogen-bond donors (Lipinski definition) is 1. The number of carbonyl (C=O) groups is 1. The van der Waals surface area contributed by atoms with Crippen molar-refractivity contribution >= 4 is 62.5 Å². The molecule has 1 heterocycles. The minimum absolute atomic E-state index is 0.125. The third-order valence-corrected chi connectivity index (χ3v) is 6.00. The minimum Gasteiger partial charge on any atom is -0.325 e. The second-order valence-electron chi connectivity index (χ2n) is 6.13. The van der Waals surface area contributed by atoms with Crippen LogP contribution in [0.4, 0.5) is 5.69 Å². The summed E-state index contributed by atoms with van der Waals surface area (Å²) in [6.07, 6.45) is 1.74. The van der Waals surface area contributed by atoms with Crippen LogP contribution < -0.4 is 5.32 Å². The molecule has 2 aromatic carbocycles. The third kappa shape index (κ3) is 5.42. The molecule has 3 rings (SSSR count). The fourth-order valence-corrected chi connectivity index (χ4v) is 4.36. The molecular formula is C20H17BrCl2N4OS. The van der Waals surface area contributed by atoms with Crippen LogP contribution >= 0.6 is 50.9 Å². The first kappa shape index (κ1) is 21.9. The number of halogens is 3. The smallest absolute Gasteiger partial charge is 0.234 e. The molecule has 0 unspecified atom stereocenters. The molecule has 0 aliphatic carbocycles. The molecule has 0 aliphatic heterocycles. The molecule has 1 amide bonds. The first-order valence-electron chi connectivity index (χ1n) is 8.57. The van der Waals surface area contributed by atoms with Crippen LogP contribution in [-0.4, -0.2) is 26.4 Å². The van der Waals surface area contributed by atoms with E-state index in [4.69, 9.17) is 23.2 Å². The van der Waals surface area contributed by atoms with Crippen LogP contribution in [0.1, 0.15) is 5.56 Å². The van der Waals surface area contributed by atoms with Crippen molar-refractivity contribution in [2.45, 2.75) is 18.6 Å². The van der Waals surface area contributed by atoms with Crippen LogP contribution in [-0.2, 0) is 11.3 Å². The Morgan fingerprint density at radius 3 is 2.76 bits per heavy atom. The normalized spacial score (nSPS) is 10.8. The first-order valence-corrected chi connectivity index (χ1v) is 11.1. The van der Waals surface area contributed by atoms with Crippen molar-refractivity contribution in [3.63, 3.8) is 0 Å². The zero-order chi connectivity index (χ0) is 21.0. The predicted molar refractivity (Wildman–Crippen MR) is 124 cm³/mol. The molecule has 0 bridgehead atoms. The van der Waals surface area contributed by atoms with Gasteiger partial charge in [-0.05, 0) is 48.9 Å². The van der Waals surface area contributed by atoms with Crippen molar-refractivity contribution in [1.29, 1.82) is 0 Å². The van der Waals surface area contributed by atoms with Crippen molar-refractivity contribution in [2.24, 2.45) is 0 Å². The van der Waals surface area contributed by atoms with E-state index in [2.05, 4.69) is 38.0 Å². The first-order chi connectivity index (χ1) is 13.9. The van der Waals surface area contributed by atoms with Crippen LogP contribution in [0.15, 0.2) is 58.7 Å². The van der Waals surface area contributed by atoms with E-state index in [-0.39, 0.29) is 11.7 Å². The summed E-state index contributed by atoms with van der Waals surface area (Å²) in [4.78, 5) is 12.4. The van der Waals surface area contributed by atoms with Crippen LogP contribution in [0, 0.1) is 6.92 Å². The fourth-order valence-electron chi connectivity index (χ4n) is 2.64. The summed E-state index contributed by atoms with van der Waals surface area (Å²) >= 11 is 17.0. The molecule has 0 radical (unpaired) electrons. The van der Waals surface area contributed by atoms with Gasteiger partial charge in [-0.15, -0.1) is 16.8 Å². The number of aromatic nitrogens is 3. The van der Waals surface area contributed by atoms with Crippen molar-refractivity contribution < 1.29 is 4.79 Å². The molecule has 5 nitrogen and oxygen atoms in total. The quantitative estimate of drug-likeness (QED) is 0.301. The molecule has 29 heavy (non-hydrogen) atoms. The van der Waals surface area contributed by atoms with Gasteiger partial charge in [0.25, 0.3) is 0 Å². The summed E-state index contributed by atoms with van der Waals surface area (Å²) < 4.78 is 2.83. The van der Waals surface area contributed by atoms with Crippen molar-refractivity contribution in [3.8, 4) is 11.4 Å². The van der Waals surface area contributed by atoms with Crippen LogP contribution in [0.2, 0.25) is 10.0 Å². The Morgan fingerprint density at radius 1 is 1.28 bits per heavy atom. The summed E-state index contributed by atoms with van der Waals surface area (Å²) in [7, 11) is 0. The van der Waals surface area contributed by atoms with Gasteiger partial charge in [0.15, 0.2) is 11.0 Å². The highest BCUT2D eigenvalue weighted by Crippen LogP contribution is 2.31. The lowest BCUT2D eigenvalue weighted by Crippen LogP contribution is -2.15. The molecule has 1 aromatic heterocycles. The van der Waals surface area contributed by atoms with Gasteiger partial charge in [0.1, 0.15) is 0 Å². The number of anilines is 1. The highest BCUT2D eigenvalue weighted by molar-refractivity contribution is 9.10. The zero-order valence-corrected chi connectivity index (χ0v) is 19.4. The summed E-state index contributed by atoms with van der Waals surface area (Å²) in [6, 6.07) is 10.9. The highest BCUT2D eigenvalue weighted by Gasteiger charge is 2.17. The number of thioether (sulfide) groups is 1. The minimum atomic E-state index is -0.125. The molecule has 150 valence electrons. The summed E-state index contributed by atoms with van der Waals surface area (Å²) in [6.45, 7) is 6.22. The van der Waals surface area contributed by atoms with E-state index in [1.165, 1.54) is 11.8 Å². The summed E-state index contributed by atoms with van der Waals surface area (Å²) in [5.74, 6) is 0.664. The Hall–Kier alpha value is -1.80. The maximum Gasteiger partial charge on any atom is 0.234 e. The maximum absolute atomic E-state index is 12.4. The monoisotopic (exact) mass is 510 g/mol. The van der Waals surface area contributed by atoms with E-state index in [0.717, 1.165) is 15.7 Å². The average Bonchev–Trinajstić information content (AvgIpc) is 3.05. The fraction of sp³-hybridized carbons (Fsp3) is 0.150. The summed E-state index contributed by atoms with van der Waals surface area (Å²) in [5.41, 5.74) is 2.47. The molecule has 0 aliphatic rings. The van der Waals surface area contributed by atoms with Gasteiger partial charge >= 0.3 is 0 Å². The van der Waals surface area contributed by atoms with Gasteiger partial charge in [0.2, 0.25) is 5.91 Å². The van der Waals surface area contributed by atoms with Crippen LogP contribution in [0.5, 0.6) is 0 Å². The van der Waals surface area contributed by atoms with Gasteiger partial charge in [0.05, 0.1) is 10.8 Å². The number of rotatable bonds is 7. The number of benzene rings is 2. The highest BCUT2D eigenvalue weighted by atomic mass is 79.9. The van der Waals surface area contributed by atoms with E-state index < -0.39 is 0 Å². The average molecular weight is 512 g/mol. The number of amides is 1. The van der Waals surface area contributed by atoms with Crippen molar-refractivity contribution in [1.82, 2.24) is 14.8 Å². The summed E-state index contributed by atoms with van der Waals surface area (Å²) in [5, 5.41) is 13.0. The SMILES string of the molecule is C=CCn1c(SCC(=O)Nc2ccc(Br)cc2C)nnc1-c1ccc(Cl)cc1Cl.